The van der Waals surface area contributed by atoms with Crippen LogP contribution in [0.2, 0.25) is 0 Å². The summed E-state index contributed by atoms with van der Waals surface area (Å²) < 4.78 is 26.2. The predicted octanol–water partition coefficient (Wildman–Crippen LogP) is 2.46. The van der Waals surface area contributed by atoms with E-state index >= 15 is 0 Å². The molecular weight excluding hydrogens is 390 g/mol. The largest absolute Gasteiger partial charge is 0.494 e. The third-order valence-corrected chi connectivity index (χ3v) is 5.31. The van der Waals surface area contributed by atoms with Crippen molar-refractivity contribution in [1.82, 2.24) is 5.32 Å². The van der Waals surface area contributed by atoms with Gasteiger partial charge in [-0.1, -0.05) is 19.9 Å². The third kappa shape index (κ3) is 6.52. The molecular formula is C21H34BFN2O5. The van der Waals surface area contributed by atoms with E-state index in [-0.39, 0.29) is 5.56 Å². The maximum atomic E-state index is 14.5. The minimum atomic E-state index is -1.05. The molecule has 2 rings (SSSR count). The molecule has 1 aliphatic heterocycles. The number of hydrogen-bond donors (Lipinski definition) is 3. The Morgan fingerprint density at radius 1 is 1.17 bits per heavy atom. The molecule has 0 bridgehead atoms. The third-order valence-electron chi connectivity index (χ3n) is 5.31. The van der Waals surface area contributed by atoms with Crippen molar-refractivity contribution in [3.05, 3.63) is 29.6 Å². The highest BCUT2D eigenvalue weighted by Gasteiger charge is 2.51. The molecule has 1 unspecified atom stereocenters. The molecule has 4 N–H and O–H groups in total. The second-order valence-corrected chi connectivity index (χ2v) is 8.02. The zero-order valence-electron chi connectivity index (χ0n) is 18.8. The van der Waals surface area contributed by atoms with Crippen LogP contribution in [0.1, 0.15) is 71.2 Å². The maximum absolute atomic E-state index is 14.5. The molecule has 1 saturated heterocycles. The van der Waals surface area contributed by atoms with Gasteiger partial charge in [0.05, 0.1) is 16.8 Å². The molecule has 7 nitrogen and oxygen atoms in total. The minimum Gasteiger partial charge on any atom is -0.480 e. The van der Waals surface area contributed by atoms with Gasteiger partial charge in [-0.15, -0.1) is 0 Å². The average molecular weight is 424 g/mol. The number of carbonyl (C=O) groups is 2. The summed E-state index contributed by atoms with van der Waals surface area (Å²) >= 11 is 0. The van der Waals surface area contributed by atoms with Gasteiger partial charge in [0.25, 0.3) is 5.91 Å². The zero-order valence-corrected chi connectivity index (χ0v) is 18.8. The van der Waals surface area contributed by atoms with Crippen LogP contribution in [0.15, 0.2) is 18.2 Å². The van der Waals surface area contributed by atoms with Gasteiger partial charge in [0.15, 0.2) is 0 Å². The lowest BCUT2D eigenvalue weighted by molar-refractivity contribution is -0.138. The van der Waals surface area contributed by atoms with Crippen molar-refractivity contribution < 1.29 is 28.4 Å². The molecule has 9 heteroatoms. The Labute approximate surface area is 178 Å². The molecule has 1 heterocycles. The highest BCUT2D eigenvalue weighted by molar-refractivity contribution is 6.62. The molecule has 30 heavy (non-hydrogen) atoms. The molecule has 1 fully saturated rings. The fourth-order valence-electron chi connectivity index (χ4n) is 2.75. The van der Waals surface area contributed by atoms with E-state index < -0.39 is 42.1 Å². The van der Waals surface area contributed by atoms with Gasteiger partial charge in [0.1, 0.15) is 11.9 Å². The van der Waals surface area contributed by atoms with Crippen LogP contribution in [0.3, 0.4) is 0 Å². The topological polar surface area (TPSA) is 111 Å². The van der Waals surface area contributed by atoms with Gasteiger partial charge < -0.3 is 25.5 Å². The highest BCUT2D eigenvalue weighted by atomic mass is 19.1. The van der Waals surface area contributed by atoms with Gasteiger partial charge in [-0.3, -0.25) is 9.59 Å². The summed E-state index contributed by atoms with van der Waals surface area (Å²) in [7, 11) is -0.699. The number of carbonyl (C=O) groups excluding carboxylic acids is 1. The highest BCUT2D eigenvalue weighted by Crippen LogP contribution is 2.36. The van der Waals surface area contributed by atoms with E-state index in [0.29, 0.717) is 31.3 Å². The van der Waals surface area contributed by atoms with E-state index in [1.165, 1.54) is 12.1 Å². The number of carboxylic acid groups (broad SMARTS) is 1. The van der Waals surface area contributed by atoms with Crippen molar-refractivity contribution in [3.8, 4) is 0 Å². The van der Waals surface area contributed by atoms with Crippen molar-refractivity contribution in [1.29, 1.82) is 0 Å². The van der Waals surface area contributed by atoms with Crippen LogP contribution in [0.5, 0.6) is 0 Å². The molecule has 1 aliphatic rings. The number of nitrogens with two attached hydrogens (primary N) is 1. The SMILES string of the molecule is CC.CC1(C)OB(c2ccc(C(=O)NCCCCC(N)C(=O)O)c(F)c2)OC1(C)C. The summed E-state index contributed by atoms with van der Waals surface area (Å²) in [6.45, 7) is 12.0. The second-order valence-electron chi connectivity index (χ2n) is 8.02. The molecule has 168 valence electrons. The van der Waals surface area contributed by atoms with Crippen LogP contribution in [0.4, 0.5) is 4.39 Å². The molecule has 0 aromatic heterocycles. The Morgan fingerprint density at radius 2 is 1.73 bits per heavy atom. The normalized spacial score (nSPS) is 17.7. The van der Waals surface area contributed by atoms with Gasteiger partial charge in [0.2, 0.25) is 0 Å². The van der Waals surface area contributed by atoms with Gasteiger partial charge in [-0.05, 0) is 64.6 Å². The number of amides is 1. The molecule has 0 spiro atoms. The number of halogens is 1. The smallest absolute Gasteiger partial charge is 0.480 e. The molecule has 1 atom stereocenters. The van der Waals surface area contributed by atoms with E-state index in [4.69, 9.17) is 20.1 Å². The van der Waals surface area contributed by atoms with Crippen LogP contribution in [-0.2, 0) is 14.1 Å². The Hall–Kier alpha value is -1.97. The Morgan fingerprint density at radius 3 is 2.23 bits per heavy atom. The summed E-state index contributed by atoms with van der Waals surface area (Å²) in [5.74, 6) is -2.23. The number of hydrogen-bond acceptors (Lipinski definition) is 5. The van der Waals surface area contributed by atoms with Crippen LogP contribution in [-0.4, -0.2) is 47.9 Å². The maximum Gasteiger partial charge on any atom is 0.494 e. The van der Waals surface area contributed by atoms with Crippen molar-refractivity contribution in [3.63, 3.8) is 0 Å². The monoisotopic (exact) mass is 424 g/mol. The Kier molecular flexibility index (Phi) is 9.46. The van der Waals surface area contributed by atoms with Crippen molar-refractivity contribution >= 4 is 24.5 Å². The van der Waals surface area contributed by atoms with Crippen LogP contribution in [0.25, 0.3) is 0 Å². The van der Waals surface area contributed by atoms with E-state index in [2.05, 4.69) is 5.32 Å². The number of carboxylic acids is 1. The van der Waals surface area contributed by atoms with Crippen molar-refractivity contribution in [2.24, 2.45) is 5.73 Å². The Balaban J connectivity index is 0.00000218. The van der Waals surface area contributed by atoms with Crippen molar-refractivity contribution in [2.75, 3.05) is 6.54 Å². The van der Waals surface area contributed by atoms with E-state index in [1.807, 2.05) is 41.5 Å². The van der Waals surface area contributed by atoms with Gasteiger partial charge in [-0.25, -0.2) is 4.39 Å². The van der Waals surface area contributed by atoms with Gasteiger partial charge >= 0.3 is 13.1 Å². The first kappa shape index (κ1) is 26.1. The van der Waals surface area contributed by atoms with Crippen LogP contribution in [0, 0.1) is 5.82 Å². The second kappa shape index (κ2) is 10.9. The molecule has 1 aromatic rings. The van der Waals surface area contributed by atoms with E-state index in [0.717, 1.165) is 0 Å². The summed E-state index contributed by atoms with van der Waals surface area (Å²) in [5.41, 5.74) is 4.79. The first-order valence-corrected chi connectivity index (χ1v) is 10.4. The lowest BCUT2D eigenvalue weighted by Gasteiger charge is -2.32. The standard InChI is InChI=1S/C19H28BFN2O5.C2H6/c1-18(2)19(3,4)28-20(27-18)12-8-9-13(14(21)11-12)16(24)23-10-6-5-7-15(22)17(25)26;1-2/h8-9,11,15H,5-7,10,22H2,1-4H3,(H,23,24)(H,25,26);1-2H3. The van der Waals surface area contributed by atoms with Crippen LogP contribution >= 0.6 is 0 Å². The molecule has 1 amide bonds. The summed E-state index contributed by atoms with van der Waals surface area (Å²) in [5, 5.41) is 11.3. The summed E-state index contributed by atoms with van der Waals surface area (Å²) in [4.78, 5) is 22.8. The average Bonchev–Trinajstić information content (AvgIpc) is 2.89. The number of nitrogens with one attached hydrogen (secondary N) is 1. The number of unbranched alkanes of at least 4 members (excludes halogenated alkanes) is 1. The fraction of sp³-hybridized carbons (Fsp3) is 0.619. The first-order chi connectivity index (χ1) is 13.9. The van der Waals surface area contributed by atoms with Gasteiger partial charge in [-0.2, -0.15) is 0 Å². The van der Waals surface area contributed by atoms with E-state index in [9.17, 15) is 14.0 Å². The first-order valence-electron chi connectivity index (χ1n) is 10.4. The number of rotatable bonds is 8. The van der Waals surface area contributed by atoms with Gasteiger partial charge in [0, 0.05) is 6.54 Å². The number of benzene rings is 1. The zero-order chi connectivity index (χ0) is 23.1. The number of aliphatic carboxylic acids is 1. The fourth-order valence-corrected chi connectivity index (χ4v) is 2.75. The summed E-state index contributed by atoms with van der Waals surface area (Å²) in [6.07, 6.45) is 1.43. The molecule has 1 aromatic carbocycles. The van der Waals surface area contributed by atoms with E-state index in [1.54, 1.807) is 6.07 Å². The lowest BCUT2D eigenvalue weighted by atomic mass is 9.78. The van der Waals surface area contributed by atoms with Crippen LogP contribution < -0.4 is 16.5 Å². The van der Waals surface area contributed by atoms with Crippen molar-refractivity contribution in [2.45, 2.75) is 78.0 Å². The minimum absolute atomic E-state index is 0.0671. The molecule has 0 saturated carbocycles. The molecule has 0 radical (unpaired) electrons. The quantitative estimate of drug-likeness (QED) is 0.437. The predicted molar refractivity (Wildman–Crippen MR) is 115 cm³/mol. The lowest BCUT2D eigenvalue weighted by Crippen LogP contribution is -2.41. The summed E-state index contributed by atoms with van der Waals surface area (Å²) in [6, 6.07) is 3.37. The Bertz CT molecular complexity index is 726. The molecule has 0 aliphatic carbocycles.